The fraction of sp³-hybridized carbons (Fsp3) is 0.565. The Balaban J connectivity index is 1.91. The third-order valence-corrected chi connectivity index (χ3v) is 5.63. The number of carbonyl (C=O) groups is 2. The summed E-state index contributed by atoms with van der Waals surface area (Å²) in [5.74, 6) is 0.474. The lowest BCUT2D eigenvalue weighted by molar-refractivity contribution is -0.137. The van der Waals surface area contributed by atoms with E-state index in [1.165, 1.54) is 4.90 Å². The monoisotopic (exact) mass is 399 g/mol. The number of amides is 2. The van der Waals surface area contributed by atoms with E-state index < -0.39 is 0 Å². The number of unbranched alkanes of at least 4 members (excludes halogenated alkanes) is 1. The molecule has 0 unspecified atom stereocenters. The summed E-state index contributed by atoms with van der Waals surface area (Å²) < 4.78 is 5.67. The van der Waals surface area contributed by atoms with E-state index in [1.54, 1.807) is 0 Å². The molecule has 0 spiro atoms. The van der Waals surface area contributed by atoms with Crippen molar-refractivity contribution in [3.8, 4) is 5.75 Å². The maximum atomic E-state index is 13.2. The summed E-state index contributed by atoms with van der Waals surface area (Å²) in [6.45, 7) is 11.8. The van der Waals surface area contributed by atoms with E-state index in [0.29, 0.717) is 24.4 Å². The quantitative estimate of drug-likeness (QED) is 0.598. The molecule has 1 aromatic rings. The second-order valence-corrected chi connectivity index (χ2v) is 7.63. The van der Waals surface area contributed by atoms with E-state index in [1.807, 2.05) is 24.3 Å². The van der Waals surface area contributed by atoms with Crippen LogP contribution in [-0.4, -0.2) is 72.4 Å². The number of carbonyl (C=O) groups excluding carboxylic acids is 2. The van der Waals surface area contributed by atoms with Gasteiger partial charge in [0.15, 0.2) is 0 Å². The molecular weight excluding hydrogens is 366 g/mol. The molecule has 2 amide bonds. The Kier molecular flexibility index (Phi) is 7.31. The molecule has 29 heavy (non-hydrogen) atoms. The molecule has 2 aliphatic heterocycles. The zero-order valence-electron chi connectivity index (χ0n) is 17.9. The third-order valence-electron chi connectivity index (χ3n) is 5.63. The lowest BCUT2D eigenvalue weighted by Gasteiger charge is -2.36. The van der Waals surface area contributed by atoms with Gasteiger partial charge in [0.25, 0.3) is 11.8 Å². The second kappa shape index (κ2) is 9.92. The second-order valence-electron chi connectivity index (χ2n) is 7.63. The van der Waals surface area contributed by atoms with Crippen molar-refractivity contribution in [2.45, 2.75) is 40.0 Å². The van der Waals surface area contributed by atoms with Gasteiger partial charge in [-0.3, -0.25) is 14.5 Å². The van der Waals surface area contributed by atoms with E-state index in [-0.39, 0.29) is 11.8 Å². The molecule has 1 saturated heterocycles. The van der Waals surface area contributed by atoms with E-state index in [0.717, 1.165) is 63.3 Å². The van der Waals surface area contributed by atoms with Crippen LogP contribution >= 0.6 is 0 Å². The smallest absolute Gasteiger partial charge is 0.277 e. The highest BCUT2D eigenvalue weighted by atomic mass is 16.5. The zero-order valence-corrected chi connectivity index (χ0v) is 17.9. The van der Waals surface area contributed by atoms with Crippen LogP contribution in [0.5, 0.6) is 5.75 Å². The minimum atomic E-state index is -0.168. The zero-order chi connectivity index (χ0) is 20.8. The number of benzene rings is 1. The van der Waals surface area contributed by atoms with Gasteiger partial charge < -0.3 is 14.5 Å². The van der Waals surface area contributed by atoms with Crippen LogP contribution in [0, 0.1) is 0 Å². The highest BCUT2D eigenvalue weighted by Gasteiger charge is 2.41. The third kappa shape index (κ3) is 4.64. The van der Waals surface area contributed by atoms with Crippen molar-refractivity contribution in [2.24, 2.45) is 0 Å². The van der Waals surface area contributed by atoms with Crippen LogP contribution in [0.2, 0.25) is 0 Å². The van der Waals surface area contributed by atoms with Gasteiger partial charge in [-0.05, 0) is 37.1 Å². The van der Waals surface area contributed by atoms with E-state index >= 15 is 0 Å². The molecule has 6 heteroatoms. The predicted molar refractivity (Wildman–Crippen MR) is 114 cm³/mol. The first kappa shape index (κ1) is 21.4. The van der Waals surface area contributed by atoms with E-state index in [9.17, 15) is 9.59 Å². The molecule has 0 saturated carbocycles. The number of rotatable bonds is 9. The van der Waals surface area contributed by atoms with E-state index in [4.69, 9.17) is 4.74 Å². The predicted octanol–water partition coefficient (Wildman–Crippen LogP) is 2.99. The van der Waals surface area contributed by atoms with Crippen LogP contribution in [-0.2, 0) is 9.59 Å². The number of likely N-dealkylation sites (N-methyl/N-ethyl adjacent to an activating group) is 1. The average molecular weight is 400 g/mol. The number of nitrogens with zero attached hydrogens (tertiary/aromatic N) is 3. The largest absolute Gasteiger partial charge is 0.494 e. The van der Waals surface area contributed by atoms with Gasteiger partial charge in [0.2, 0.25) is 0 Å². The van der Waals surface area contributed by atoms with Gasteiger partial charge in [-0.2, -0.15) is 0 Å². The first-order valence-electron chi connectivity index (χ1n) is 10.9. The Morgan fingerprint density at radius 3 is 2.17 bits per heavy atom. The molecular formula is C23H33N3O3. The first-order chi connectivity index (χ1) is 14.1. The summed E-state index contributed by atoms with van der Waals surface area (Å²) in [5, 5.41) is 0. The standard InChI is InChI=1S/C23H33N3O3/c1-4-7-12-26-22(27)20(18-8-10-19(11-9-18)29-17-5-2)21(23(26)28)25-15-13-24(6-3)14-16-25/h8-11H,4-7,12-17H2,1-3H3. The van der Waals surface area contributed by atoms with Crippen molar-refractivity contribution >= 4 is 17.4 Å². The molecule has 2 heterocycles. The summed E-state index contributed by atoms with van der Waals surface area (Å²) in [4.78, 5) is 32.4. The minimum absolute atomic E-state index is 0.144. The van der Waals surface area contributed by atoms with Gasteiger partial charge >= 0.3 is 0 Å². The number of imide groups is 1. The number of hydrogen-bond acceptors (Lipinski definition) is 5. The fourth-order valence-corrected chi connectivity index (χ4v) is 3.86. The highest BCUT2D eigenvalue weighted by molar-refractivity contribution is 6.35. The molecule has 0 aliphatic carbocycles. The summed E-state index contributed by atoms with van der Waals surface area (Å²) in [7, 11) is 0. The normalized spacial score (nSPS) is 18.2. The van der Waals surface area contributed by atoms with Crippen LogP contribution in [0.1, 0.15) is 45.6 Å². The molecule has 1 aromatic carbocycles. The van der Waals surface area contributed by atoms with Crippen LogP contribution in [0.4, 0.5) is 0 Å². The molecule has 0 bridgehead atoms. The van der Waals surface area contributed by atoms with Gasteiger partial charge in [-0.25, -0.2) is 0 Å². The van der Waals surface area contributed by atoms with Crippen molar-refractivity contribution in [3.05, 3.63) is 35.5 Å². The van der Waals surface area contributed by atoms with Gasteiger partial charge in [0, 0.05) is 32.7 Å². The molecule has 0 aromatic heterocycles. The molecule has 1 fully saturated rings. The van der Waals surface area contributed by atoms with Crippen molar-refractivity contribution in [1.29, 1.82) is 0 Å². The lowest BCUT2D eigenvalue weighted by Crippen LogP contribution is -2.47. The number of ether oxygens (including phenoxy) is 1. The molecule has 2 aliphatic rings. The summed E-state index contributed by atoms with van der Waals surface area (Å²) in [6, 6.07) is 7.57. The highest BCUT2D eigenvalue weighted by Crippen LogP contribution is 2.33. The van der Waals surface area contributed by atoms with Crippen molar-refractivity contribution in [1.82, 2.24) is 14.7 Å². The summed E-state index contributed by atoms with van der Waals surface area (Å²) in [6.07, 6.45) is 2.71. The molecule has 3 rings (SSSR count). The summed E-state index contributed by atoms with van der Waals surface area (Å²) in [5.41, 5.74) is 1.90. The van der Waals surface area contributed by atoms with E-state index in [2.05, 4.69) is 30.6 Å². The Hall–Kier alpha value is -2.34. The Morgan fingerprint density at radius 2 is 1.59 bits per heavy atom. The SMILES string of the molecule is CCCCN1C(=O)C(c2ccc(OCCC)cc2)=C(N2CCN(CC)CC2)C1=O. The first-order valence-corrected chi connectivity index (χ1v) is 10.9. The van der Waals surface area contributed by atoms with Crippen LogP contribution in [0.15, 0.2) is 30.0 Å². The lowest BCUT2D eigenvalue weighted by atomic mass is 10.0. The molecule has 6 nitrogen and oxygen atoms in total. The average Bonchev–Trinajstić information content (AvgIpc) is 3.01. The van der Waals surface area contributed by atoms with Gasteiger partial charge in [0.1, 0.15) is 11.4 Å². The maximum absolute atomic E-state index is 13.2. The molecule has 0 atom stereocenters. The van der Waals surface area contributed by atoms with Gasteiger partial charge in [-0.15, -0.1) is 0 Å². The van der Waals surface area contributed by atoms with Gasteiger partial charge in [-0.1, -0.05) is 39.3 Å². The fourth-order valence-electron chi connectivity index (χ4n) is 3.86. The molecule has 0 radical (unpaired) electrons. The van der Waals surface area contributed by atoms with Crippen LogP contribution < -0.4 is 4.74 Å². The topological polar surface area (TPSA) is 53.1 Å². The van der Waals surface area contributed by atoms with Crippen LogP contribution in [0.25, 0.3) is 5.57 Å². The molecule has 0 N–H and O–H groups in total. The minimum Gasteiger partial charge on any atom is -0.494 e. The Bertz CT molecular complexity index is 749. The number of piperazine rings is 1. The maximum Gasteiger partial charge on any atom is 0.277 e. The Labute approximate surface area is 174 Å². The van der Waals surface area contributed by atoms with Crippen molar-refractivity contribution in [2.75, 3.05) is 45.9 Å². The molecule has 158 valence electrons. The van der Waals surface area contributed by atoms with Gasteiger partial charge in [0.05, 0.1) is 12.2 Å². The van der Waals surface area contributed by atoms with Crippen molar-refractivity contribution in [3.63, 3.8) is 0 Å². The Morgan fingerprint density at radius 1 is 0.897 bits per heavy atom. The number of hydrogen-bond donors (Lipinski definition) is 0. The van der Waals surface area contributed by atoms with Crippen molar-refractivity contribution < 1.29 is 14.3 Å². The van der Waals surface area contributed by atoms with Crippen LogP contribution in [0.3, 0.4) is 0 Å². The summed E-state index contributed by atoms with van der Waals surface area (Å²) >= 11 is 0.